The average Bonchev–Trinajstić information content (AvgIpc) is 2.36. The highest BCUT2D eigenvalue weighted by Gasteiger charge is 2.27. The molecule has 1 aliphatic rings. The molecule has 0 saturated heterocycles. The molecule has 0 amide bonds. The van der Waals surface area contributed by atoms with Gasteiger partial charge in [-0.15, -0.1) is 0 Å². The molecule has 1 aliphatic heterocycles. The molecule has 2 rings (SSSR count). The SMILES string of the molecule is O=C(O)C(O)c1cc(C(F)F)cc2c1OCCO2. The fraction of sp³-hybridized carbons (Fsp3) is 0.364. The average molecular weight is 260 g/mol. The van der Waals surface area contributed by atoms with Gasteiger partial charge in [0, 0.05) is 11.1 Å². The van der Waals surface area contributed by atoms with Crippen LogP contribution in [0.1, 0.15) is 23.7 Å². The third kappa shape index (κ3) is 2.21. The highest BCUT2D eigenvalue weighted by Crippen LogP contribution is 2.40. The van der Waals surface area contributed by atoms with Gasteiger partial charge < -0.3 is 19.7 Å². The first-order valence-electron chi connectivity index (χ1n) is 5.13. The van der Waals surface area contributed by atoms with Gasteiger partial charge >= 0.3 is 5.97 Å². The molecule has 7 heteroatoms. The van der Waals surface area contributed by atoms with Crippen LogP contribution >= 0.6 is 0 Å². The molecule has 1 atom stereocenters. The summed E-state index contributed by atoms with van der Waals surface area (Å²) in [6.45, 7) is 0.350. The quantitative estimate of drug-likeness (QED) is 0.861. The molecule has 18 heavy (non-hydrogen) atoms. The van der Waals surface area contributed by atoms with E-state index < -0.39 is 24.1 Å². The Morgan fingerprint density at radius 2 is 1.94 bits per heavy atom. The summed E-state index contributed by atoms with van der Waals surface area (Å²) in [4.78, 5) is 10.7. The van der Waals surface area contributed by atoms with Crippen LogP contribution in [0, 0.1) is 0 Å². The van der Waals surface area contributed by atoms with Crippen molar-refractivity contribution in [2.24, 2.45) is 0 Å². The van der Waals surface area contributed by atoms with E-state index in [1.165, 1.54) is 0 Å². The number of hydrogen-bond donors (Lipinski definition) is 2. The van der Waals surface area contributed by atoms with E-state index in [9.17, 15) is 18.7 Å². The molecule has 5 nitrogen and oxygen atoms in total. The van der Waals surface area contributed by atoms with E-state index in [1.807, 2.05) is 0 Å². The van der Waals surface area contributed by atoms with Crippen molar-refractivity contribution in [2.75, 3.05) is 13.2 Å². The Hall–Kier alpha value is -1.89. The van der Waals surface area contributed by atoms with E-state index in [-0.39, 0.29) is 30.3 Å². The minimum atomic E-state index is -2.79. The number of carboxylic acids is 1. The second kappa shape index (κ2) is 4.77. The van der Waals surface area contributed by atoms with Gasteiger partial charge in [0.05, 0.1) is 0 Å². The van der Waals surface area contributed by atoms with E-state index in [0.29, 0.717) is 0 Å². The fourth-order valence-electron chi connectivity index (χ4n) is 1.67. The number of alkyl halides is 2. The summed E-state index contributed by atoms with van der Waals surface area (Å²) in [6, 6.07) is 1.99. The lowest BCUT2D eigenvalue weighted by molar-refractivity contribution is -0.147. The molecule has 0 spiro atoms. The molecule has 0 fully saturated rings. The van der Waals surface area contributed by atoms with Crippen LogP contribution in [0.2, 0.25) is 0 Å². The third-order valence-electron chi connectivity index (χ3n) is 2.47. The van der Waals surface area contributed by atoms with Crippen molar-refractivity contribution in [3.63, 3.8) is 0 Å². The standard InChI is InChI=1S/C11H10F2O5/c12-10(13)5-3-6(8(14)11(15)16)9-7(4-5)17-1-2-18-9/h3-4,8,10,14H,1-2H2,(H,15,16). The number of hydrogen-bond acceptors (Lipinski definition) is 4. The summed E-state index contributed by atoms with van der Waals surface area (Å²) in [5, 5.41) is 18.2. The van der Waals surface area contributed by atoms with E-state index in [4.69, 9.17) is 14.6 Å². The molecule has 1 heterocycles. The van der Waals surface area contributed by atoms with Gasteiger partial charge in [0.25, 0.3) is 6.43 Å². The number of fused-ring (bicyclic) bond motifs is 1. The fourth-order valence-corrected chi connectivity index (χ4v) is 1.67. The van der Waals surface area contributed by atoms with Crippen LogP contribution in [0.25, 0.3) is 0 Å². The Balaban J connectivity index is 2.54. The van der Waals surface area contributed by atoms with Crippen molar-refractivity contribution in [1.82, 2.24) is 0 Å². The van der Waals surface area contributed by atoms with Crippen LogP contribution < -0.4 is 9.47 Å². The van der Waals surface area contributed by atoms with Crippen LogP contribution in [0.3, 0.4) is 0 Å². The summed E-state index contributed by atoms with van der Waals surface area (Å²) >= 11 is 0. The van der Waals surface area contributed by atoms with Crippen LogP contribution in [0.4, 0.5) is 8.78 Å². The van der Waals surface area contributed by atoms with Crippen molar-refractivity contribution < 1.29 is 33.3 Å². The molecule has 0 aromatic heterocycles. The second-order valence-corrected chi connectivity index (χ2v) is 3.68. The van der Waals surface area contributed by atoms with Gasteiger partial charge in [-0.2, -0.15) is 0 Å². The topological polar surface area (TPSA) is 76.0 Å². The number of ether oxygens (including phenoxy) is 2. The zero-order chi connectivity index (χ0) is 13.3. The van der Waals surface area contributed by atoms with Gasteiger partial charge in [0.15, 0.2) is 17.6 Å². The van der Waals surface area contributed by atoms with Gasteiger partial charge in [0.1, 0.15) is 13.2 Å². The second-order valence-electron chi connectivity index (χ2n) is 3.68. The van der Waals surface area contributed by atoms with Gasteiger partial charge in [0.2, 0.25) is 0 Å². The molecule has 98 valence electrons. The zero-order valence-corrected chi connectivity index (χ0v) is 9.10. The molecule has 1 aromatic rings. The normalized spacial score (nSPS) is 15.6. The monoisotopic (exact) mass is 260 g/mol. The van der Waals surface area contributed by atoms with Crippen LogP contribution in [-0.4, -0.2) is 29.4 Å². The number of carboxylic acid groups (broad SMARTS) is 1. The smallest absolute Gasteiger partial charge is 0.337 e. The molecule has 2 N–H and O–H groups in total. The first kappa shape index (κ1) is 12.6. The minimum Gasteiger partial charge on any atom is -0.486 e. The van der Waals surface area contributed by atoms with Gasteiger partial charge in [-0.1, -0.05) is 0 Å². The predicted octanol–water partition coefficient (Wildman–Crippen LogP) is 1.51. The Bertz CT molecular complexity index is 475. The predicted molar refractivity (Wildman–Crippen MR) is 55.0 cm³/mol. The highest BCUT2D eigenvalue weighted by molar-refractivity contribution is 5.76. The van der Waals surface area contributed by atoms with Crippen molar-refractivity contribution in [3.8, 4) is 11.5 Å². The number of rotatable bonds is 3. The Labute approximate surface area is 101 Å². The maximum Gasteiger partial charge on any atom is 0.337 e. The highest BCUT2D eigenvalue weighted by atomic mass is 19.3. The molecular formula is C11H10F2O5. The third-order valence-corrected chi connectivity index (χ3v) is 2.47. The largest absolute Gasteiger partial charge is 0.486 e. The van der Waals surface area contributed by atoms with Gasteiger partial charge in [-0.05, 0) is 12.1 Å². The van der Waals surface area contributed by atoms with E-state index >= 15 is 0 Å². The molecule has 0 bridgehead atoms. The minimum absolute atomic E-state index is 0.000509. The first-order chi connectivity index (χ1) is 8.50. The molecule has 1 unspecified atom stereocenters. The Morgan fingerprint density at radius 1 is 1.28 bits per heavy atom. The summed E-state index contributed by atoms with van der Waals surface area (Å²) in [6.07, 6.45) is -4.72. The molecule has 0 saturated carbocycles. The van der Waals surface area contributed by atoms with Crippen LogP contribution in [0.5, 0.6) is 11.5 Å². The van der Waals surface area contributed by atoms with Crippen molar-refractivity contribution in [1.29, 1.82) is 0 Å². The molecule has 1 aromatic carbocycles. The summed E-state index contributed by atoms with van der Waals surface area (Å²) in [5.41, 5.74) is -0.649. The number of carbonyl (C=O) groups is 1. The lowest BCUT2D eigenvalue weighted by Crippen LogP contribution is -2.20. The molecular weight excluding hydrogens is 250 g/mol. The number of benzene rings is 1. The lowest BCUT2D eigenvalue weighted by atomic mass is 10.0. The van der Waals surface area contributed by atoms with Crippen molar-refractivity contribution in [2.45, 2.75) is 12.5 Å². The maximum atomic E-state index is 12.7. The van der Waals surface area contributed by atoms with Gasteiger partial charge in [-0.3, -0.25) is 0 Å². The number of halogens is 2. The zero-order valence-electron chi connectivity index (χ0n) is 9.10. The van der Waals surface area contributed by atoms with Crippen molar-refractivity contribution >= 4 is 5.97 Å². The van der Waals surface area contributed by atoms with Crippen LogP contribution in [0.15, 0.2) is 12.1 Å². The number of aliphatic hydroxyl groups is 1. The van der Waals surface area contributed by atoms with E-state index in [0.717, 1.165) is 12.1 Å². The number of aliphatic hydroxyl groups excluding tert-OH is 1. The first-order valence-corrected chi connectivity index (χ1v) is 5.13. The summed E-state index contributed by atoms with van der Waals surface area (Å²) < 4.78 is 35.6. The lowest BCUT2D eigenvalue weighted by Gasteiger charge is -2.23. The Morgan fingerprint density at radius 3 is 2.56 bits per heavy atom. The number of aliphatic carboxylic acids is 1. The van der Waals surface area contributed by atoms with Crippen LogP contribution in [-0.2, 0) is 4.79 Å². The molecule has 0 aliphatic carbocycles. The maximum absolute atomic E-state index is 12.7. The summed E-state index contributed by atoms with van der Waals surface area (Å²) in [7, 11) is 0. The van der Waals surface area contributed by atoms with E-state index in [2.05, 4.69) is 0 Å². The van der Waals surface area contributed by atoms with Crippen molar-refractivity contribution in [3.05, 3.63) is 23.3 Å². The van der Waals surface area contributed by atoms with Gasteiger partial charge in [-0.25, -0.2) is 13.6 Å². The Kier molecular flexibility index (Phi) is 3.33. The summed E-state index contributed by atoms with van der Waals surface area (Å²) in [5.74, 6) is -1.52. The molecule has 0 radical (unpaired) electrons. The van der Waals surface area contributed by atoms with E-state index in [1.54, 1.807) is 0 Å².